The van der Waals surface area contributed by atoms with Crippen molar-refractivity contribution in [3.8, 4) is 0 Å². The third-order valence-corrected chi connectivity index (χ3v) is 4.94. The van der Waals surface area contributed by atoms with E-state index in [1.165, 1.54) is 29.5 Å². The van der Waals surface area contributed by atoms with Crippen molar-refractivity contribution in [2.24, 2.45) is 5.10 Å². The number of hydrazone groups is 1. The van der Waals surface area contributed by atoms with Crippen LogP contribution in [0.15, 0.2) is 54.0 Å². The molecule has 4 rings (SSSR count). The Hall–Kier alpha value is -3.49. The molecule has 1 amide bonds. The van der Waals surface area contributed by atoms with Gasteiger partial charge in [0.05, 0.1) is 42.1 Å². The summed E-state index contributed by atoms with van der Waals surface area (Å²) < 4.78 is 42.4. The average molecular weight is 413 g/mol. The van der Waals surface area contributed by atoms with Crippen LogP contribution in [0.25, 0.3) is 10.9 Å². The van der Waals surface area contributed by atoms with Crippen molar-refractivity contribution < 1.29 is 18.0 Å². The van der Waals surface area contributed by atoms with Crippen molar-refractivity contribution in [1.82, 2.24) is 19.8 Å². The first-order valence-electron chi connectivity index (χ1n) is 9.34. The minimum atomic E-state index is -0.699. The monoisotopic (exact) mass is 413 g/mol. The fraction of sp³-hybridized carbons (Fsp3) is 0.238. The molecule has 6 nitrogen and oxygen atoms in total. The average Bonchev–Trinajstić information content (AvgIpc) is 3.34. The van der Waals surface area contributed by atoms with E-state index in [0.717, 1.165) is 12.3 Å². The number of hydrogen-bond donors (Lipinski definition) is 0. The van der Waals surface area contributed by atoms with Crippen molar-refractivity contribution in [3.05, 3.63) is 72.0 Å². The first kappa shape index (κ1) is 19.8. The summed E-state index contributed by atoms with van der Waals surface area (Å²) in [5.41, 5.74) is 1.61. The van der Waals surface area contributed by atoms with Gasteiger partial charge in [0.1, 0.15) is 11.6 Å². The van der Waals surface area contributed by atoms with Crippen molar-refractivity contribution in [3.63, 3.8) is 0 Å². The van der Waals surface area contributed by atoms with Crippen LogP contribution in [0.3, 0.4) is 0 Å². The van der Waals surface area contributed by atoms with Gasteiger partial charge in [-0.05, 0) is 24.1 Å². The molecule has 0 bridgehead atoms. The van der Waals surface area contributed by atoms with Crippen molar-refractivity contribution in [2.45, 2.75) is 31.8 Å². The molecular formula is C21H18F3N5O. The summed E-state index contributed by atoms with van der Waals surface area (Å²) in [6.45, 7) is 4.28. The van der Waals surface area contributed by atoms with Crippen LogP contribution in [0.1, 0.15) is 30.9 Å². The van der Waals surface area contributed by atoms with Gasteiger partial charge in [0.2, 0.25) is 5.91 Å². The summed E-state index contributed by atoms with van der Waals surface area (Å²) in [6, 6.07) is 2.66. The topological polar surface area (TPSA) is 63.4 Å². The molecular weight excluding hydrogens is 395 g/mol. The number of benzene rings is 1. The molecule has 0 fully saturated rings. The van der Waals surface area contributed by atoms with Gasteiger partial charge in [0.25, 0.3) is 0 Å². The number of hydrogen-bond acceptors (Lipinski definition) is 4. The molecule has 3 heterocycles. The Kier molecular flexibility index (Phi) is 5.35. The van der Waals surface area contributed by atoms with Crippen molar-refractivity contribution in [2.75, 3.05) is 0 Å². The second-order valence-electron chi connectivity index (χ2n) is 7.10. The quantitative estimate of drug-likeness (QED) is 0.571. The van der Waals surface area contributed by atoms with Gasteiger partial charge in [-0.1, -0.05) is 12.2 Å². The summed E-state index contributed by atoms with van der Waals surface area (Å²) in [5.74, 6) is -2.13. The molecule has 9 heteroatoms. The second-order valence-corrected chi connectivity index (χ2v) is 7.10. The lowest BCUT2D eigenvalue weighted by atomic mass is 10.0. The minimum absolute atomic E-state index is 0.121. The molecule has 0 saturated carbocycles. The maximum absolute atomic E-state index is 13.7. The normalized spacial score (nSPS) is 15.8. The standard InChI is InChI=1S/C21H18F3N5O/c1-13(12-28-20-11-25-10-18(24)17(20)9-27-28)2-3-21(30)29-19(4-5-26-29)14-6-15(22)8-16(23)7-14/h5-11,19H,1-4,12H2. The number of amides is 1. The number of halogens is 3. The Morgan fingerprint density at radius 3 is 2.63 bits per heavy atom. The number of allylic oxidation sites excluding steroid dienone is 1. The van der Waals surface area contributed by atoms with Gasteiger partial charge >= 0.3 is 0 Å². The summed E-state index contributed by atoms with van der Waals surface area (Å²) >= 11 is 0. The maximum atomic E-state index is 13.7. The number of carbonyl (C=O) groups is 1. The van der Waals surface area contributed by atoms with E-state index in [2.05, 4.69) is 21.8 Å². The van der Waals surface area contributed by atoms with E-state index in [-0.39, 0.29) is 12.3 Å². The Morgan fingerprint density at radius 2 is 1.87 bits per heavy atom. The molecule has 0 aliphatic carbocycles. The lowest BCUT2D eigenvalue weighted by Gasteiger charge is -2.22. The Balaban J connectivity index is 1.39. The first-order valence-corrected chi connectivity index (χ1v) is 9.34. The molecule has 30 heavy (non-hydrogen) atoms. The molecule has 0 radical (unpaired) electrons. The van der Waals surface area contributed by atoms with Gasteiger partial charge in [-0.3, -0.25) is 14.5 Å². The summed E-state index contributed by atoms with van der Waals surface area (Å²) in [4.78, 5) is 16.5. The molecule has 0 saturated heterocycles. The highest BCUT2D eigenvalue weighted by Gasteiger charge is 2.28. The van der Waals surface area contributed by atoms with E-state index in [9.17, 15) is 18.0 Å². The fourth-order valence-corrected chi connectivity index (χ4v) is 3.47. The molecule has 1 atom stereocenters. The van der Waals surface area contributed by atoms with Crippen molar-refractivity contribution in [1.29, 1.82) is 0 Å². The third kappa shape index (κ3) is 3.96. The van der Waals surface area contributed by atoms with Crippen LogP contribution in [-0.2, 0) is 11.3 Å². The maximum Gasteiger partial charge on any atom is 0.243 e. The third-order valence-electron chi connectivity index (χ3n) is 4.94. The molecule has 2 aromatic heterocycles. The number of pyridine rings is 1. The fourth-order valence-electron chi connectivity index (χ4n) is 3.47. The van der Waals surface area contributed by atoms with Gasteiger partial charge in [0.15, 0.2) is 5.82 Å². The molecule has 0 spiro atoms. The number of rotatable bonds is 6. The predicted molar refractivity (Wildman–Crippen MR) is 105 cm³/mol. The SMILES string of the molecule is C=C(CCC(=O)N1N=CCC1c1cc(F)cc(F)c1)Cn1ncc2c(F)cncc21. The highest BCUT2D eigenvalue weighted by Crippen LogP contribution is 2.30. The Labute approximate surface area is 170 Å². The van der Waals surface area contributed by atoms with Gasteiger partial charge in [0, 0.05) is 25.1 Å². The van der Waals surface area contributed by atoms with Crippen LogP contribution in [0, 0.1) is 17.5 Å². The van der Waals surface area contributed by atoms with Crippen LogP contribution in [0.5, 0.6) is 0 Å². The van der Waals surface area contributed by atoms with Gasteiger partial charge in [-0.25, -0.2) is 18.2 Å². The van der Waals surface area contributed by atoms with E-state index >= 15 is 0 Å². The number of fused-ring (bicyclic) bond motifs is 1. The van der Waals surface area contributed by atoms with E-state index in [1.54, 1.807) is 10.9 Å². The van der Waals surface area contributed by atoms with Crippen LogP contribution in [0.2, 0.25) is 0 Å². The van der Waals surface area contributed by atoms with Crippen LogP contribution < -0.4 is 0 Å². The molecule has 1 unspecified atom stereocenters. The highest BCUT2D eigenvalue weighted by molar-refractivity contribution is 5.80. The second kappa shape index (κ2) is 8.10. The van der Waals surface area contributed by atoms with Gasteiger partial charge < -0.3 is 0 Å². The van der Waals surface area contributed by atoms with E-state index in [4.69, 9.17) is 0 Å². The summed E-state index contributed by atoms with van der Waals surface area (Å²) in [6.07, 6.45) is 6.48. The van der Waals surface area contributed by atoms with Gasteiger partial charge in [-0.2, -0.15) is 10.2 Å². The molecule has 1 aromatic carbocycles. The van der Waals surface area contributed by atoms with E-state index < -0.39 is 23.5 Å². The lowest BCUT2D eigenvalue weighted by Crippen LogP contribution is -2.27. The minimum Gasteiger partial charge on any atom is -0.273 e. The first-order chi connectivity index (χ1) is 14.4. The summed E-state index contributed by atoms with van der Waals surface area (Å²) in [5, 5.41) is 9.85. The zero-order valence-corrected chi connectivity index (χ0v) is 15.9. The van der Waals surface area contributed by atoms with Crippen LogP contribution in [0.4, 0.5) is 13.2 Å². The smallest absolute Gasteiger partial charge is 0.243 e. The molecule has 1 aliphatic rings. The van der Waals surface area contributed by atoms with Gasteiger partial charge in [-0.15, -0.1) is 0 Å². The summed E-state index contributed by atoms with van der Waals surface area (Å²) in [7, 11) is 0. The largest absolute Gasteiger partial charge is 0.273 e. The number of aromatic nitrogens is 3. The van der Waals surface area contributed by atoms with Crippen molar-refractivity contribution >= 4 is 23.0 Å². The number of carbonyl (C=O) groups excluding carboxylic acids is 1. The predicted octanol–water partition coefficient (Wildman–Crippen LogP) is 4.14. The molecule has 1 aliphatic heterocycles. The van der Waals surface area contributed by atoms with Crippen LogP contribution >= 0.6 is 0 Å². The van der Waals surface area contributed by atoms with Crippen LogP contribution in [-0.4, -0.2) is 31.9 Å². The Morgan fingerprint density at radius 1 is 1.10 bits per heavy atom. The molecule has 154 valence electrons. The van der Waals surface area contributed by atoms with E-state index in [0.29, 0.717) is 41.4 Å². The zero-order valence-electron chi connectivity index (χ0n) is 15.9. The highest BCUT2D eigenvalue weighted by atomic mass is 19.1. The lowest BCUT2D eigenvalue weighted by molar-refractivity contribution is -0.133. The van der Waals surface area contributed by atoms with E-state index in [1.807, 2.05) is 0 Å². The number of nitrogens with zero attached hydrogens (tertiary/aromatic N) is 5. The molecule has 0 N–H and O–H groups in total. The molecule has 3 aromatic rings. The zero-order chi connectivity index (χ0) is 21.3. The Bertz CT molecular complexity index is 1140.